The molecular weight excluding hydrogens is 317 g/mol. The predicted molar refractivity (Wildman–Crippen MR) is 57.3 cm³/mol. The van der Waals surface area contributed by atoms with E-state index >= 15 is 0 Å². The van der Waals surface area contributed by atoms with E-state index in [0.717, 1.165) is 10.0 Å². The average Bonchev–Trinajstić information content (AvgIpc) is 2.50. The second kappa shape index (κ2) is 3.82. The summed E-state index contributed by atoms with van der Waals surface area (Å²) in [6, 6.07) is 6.05. The minimum absolute atomic E-state index is 0.271. The van der Waals surface area contributed by atoms with Crippen LogP contribution in [0.5, 0.6) is 0 Å². The molecule has 0 aliphatic carbocycles. The number of aromatic nitrogens is 1. The van der Waals surface area contributed by atoms with Crippen LogP contribution in [-0.2, 0) is 0 Å². The van der Waals surface area contributed by atoms with Gasteiger partial charge < -0.3 is 4.52 Å². The van der Waals surface area contributed by atoms with E-state index in [0.29, 0.717) is 10.4 Å². The van der Waals surface area contributed by atoms with Crippen LogP contribution in [0.15, 0.2) is 37.9 Å². The Morgan fingerprint density at radius 1 is 1.14 bits per heavy atom. The van der Waals surface area contributed by atoms with Gasteiger partial charge in [-0.1, -0.05) is 5.16 Å². The van der Waals surface area contributed by atoms with Gasteiger partial charge in [0, 0.05) is 5.56 Å². The van der Waals surface area contributed by atoms with Gasteiger partial charge >= 0.3 is 0 Å². The van der Waals surface area contributed by atoms with Gasteiger partial charge in [-0.3, -0.25) is 0 Å². The maximum Gasteiger partial charge on any atom is 0.216 e. The molecule has 2 rings (SSSR count). The molecule has 0 saturated carbocycles. The van der Waals surface area contributed by atoms with Gasteiger partial charge in [-0.05, 0) is 56.1 Å². The quantitative estimate of drug-likeness (QED) is 0.793. The fraction of sp³-hybridized carbons (Fsp3) is 0. The van der Waals surface area contributed by atoms with Gasteiger partial charge in [-0.25, -0.2) is 4.39 Å². The van der Waals surface area contributed by atoms with Gasteiger partial charge in [0.1, 0.15) is 11.5 Å². The number of hydrogen-bond donors (Lipinski definition) is 0. The van der Waals surface area contributed by atoms with Gasteiger partial charge in [-0.2, -0.15) is 0 Å². The molecule has 0 bridgehead atoms. The molecule has 2 aromatic rings. The number of hydrogen-bond acceptors (Lipinski definition) is 2. The topological polar surface area (TPSA) is 26.0 Å². The van der Waals surface area contributed by atoms with Crippen molar-refractivity contribution in [3.05, 3.63) is 39.2 Å². The van der Waals surface area contributed by atoms with Crippen LogP contribution in [0.25, 0.3) is 11.3 Å². The average molecular weight is 321 g/mol. The Kier molecular flexibility index (Phi) is 2.69. The van der Waals surface area contributed by atoms with Crippen LogP contribution in [0.1, 0.15) is 0 Å². The van der Waals surface area contributed by atoms with Crippen LogP contribution in [0, 0.1) is 5.82 Å². The van der Waals surface area contributed by atoms with E-state index in [2.05, 4.69) is 37.0 Å². The molecule has 1 aromatic heterocycles. The second-order valence-corrected chi connectivity index (χ2v) is 4.14. The van der Waals surface area contributed by atoms with E-state index in [1.165, 1.54) is 12.1 Å². The lowest BCUT2D eigenvalue weighted by Gasteiger charge is -1.95. The first kappa shape index (κ1) is 9.86. The maximum absolute atomic E-state index is 12.6. The van der Waals surface area contributed by atoms with Crippen LogP contribution in [-0.4, -0.2) is 5.16 Å². The summed E-state index contributed by atoms with van der Waals surface area (Å²) in [7, 11) is 0. The summed E-state index contributed by atoms with van der Waals surface area (Å²) in [5.41, 5.74) is 1.45. The summed E-state index contributed by atoms with van der Waals surface area (Å²) in [6.07, 6.45) is 0. The predicted octanol–water partition coefficient (Wildman–Crippen LogP) is 4.01. The lowest BCUT2D eigenvalue weighted by molar-refractivity contribution is 0.401. The molecule has 0 unspecified atom stereocenters. The summed E-state index contributed by atoms with van der Waals surface area (Å²) in [4.78, 5) is 0. The molecule has 0 saturated heterocycles. The summed E-state index contributed by atoms with van der Waals surface area (Å²) in [5, 5.41) is 3.82. The van der Waals surface area contributed by atoms with Crippen molar-refractivity contribution in [3.63, 3.8) is 0 Å². The zero-order valence-electron chi connectivity index (χ0n) is 6.80. The number of halogens is 3. The molecule has 0 aliphatic rings. The highest BCUT2D eigenvalue weighted by Crippen LogP contribution is 2.33. The van der Waals surface area contributed by atoms with Crippen molar-refractivity contribution in [1.82, 2.24) is 5.16 Å². The highest BCUT2D eigenvalue weighted by molar-refractivity contribution is 9.13. The smallest absolute Gasteiger partial charge is 0.216 e. The standard InChI is InChI=1S/C9H4Br2FNO/c10-7-8(13-14-9(7)11)5-1-3-6(12)4-2-5/h1-4H. The zero-order valence-corrected chi connectivity index (χ0v) is 9.97. The zero-order chi connectivity index (χ0) is 10.1. The Hall–Kier alpha value is -0.680. The normalized spacial score (nSPS) is 10.5. The van der Waals surface area contributed by atoms with Crippen molar-refractivity contribution >= 4 is 31.9 Å². The van der Waals surface area contributed by atoms with Crippen molar-refractivity contribution in [2.24, 2.45) is 0 Å². The molecule has 5 heteroatoms. The molecule has 0 amide bonds. The summed E-state index contributed by atoms with van der Waals surface area (Å²) in [6.45, 7) is 0. The molecular formula is C9H4Br2FNO. The van der Waals surface area contributed by atoms with Gasteiger partial charge in [0.05, 0.1) is 4.47 Å². The Morgan fingerprint density at radius 2 is 1.79 bits per heavy atom. The molecule has 0 atom stereocenters. The first-order valence-corrected chi connectivity index (χ1v) is 5.33. The molecule has 0 spiro atoms. The Bertz CT molecular complexity index is 452. The fourth-order valence-electron chi connectivity index (χ4n) is 1.05. The molecule has 1 heterocycles. The van der Waals surface area contributed by atoms with E-state index in [1.54, 1.807) is 12.1 Å². The second-order valence-electron chi connectivity index (χ2n) is 2.63. The number of nitrogens with zero attached hydrogens (tertiary/aromatic N) is 1. The molecule has 0 radical (unpaired) electrons. The summed E-state index contributed by atoms with van der Waals surface area (Å²) >= 11 is 6.49. The SMILES string of the molecule is Fc1ccc(-c2noc(Br)c2Br)cc1. The molecule has 0 aliphatic heterocycles. The number of rotatable bonds is 1. The molecule has 0 fully saturated rings. The minimum atomic E-state index is -0.271. The first-order valence-electron chi connectivity index (χ1n) is 3.75. The van der Waals surface area contributed by atoms with Crippen LogP contribution >= 0.6 is 31.9 Å². The Balaban J connectivity index is 2.49. The van der Waals surface area contributed by atoms with E-state index in [-0.39, 0.29) is 5.82 Å². The number of benzene rings is 1. The van der Waals surface area contributed by atoms with Crippen LogP contribution in [0.2, 0.25) is 0 Å². The Morgan fingerprint density at radius 3 is 2.29 bits per heavy atom. The third kappa shape index (κ3) is 1.74. The molecule has 14 heavy (non-hydrogen) atoms. The highest BCUT2D eigenvalue weighted by atomic mass is 79.9. The molecule has 1 aromatic carbocycles. The largest absolute Gasteiger partial charge is 0.347 e. The van der Waals surface area contributed by atoms with Crippen LogP contribution < -0.4 is 0 Å². The third-order valence-corrected chi connectivity index (χ3v) is 3.52. The first-order chi connectivity index (χ1) is 6.68. The van der Waals surface area contributed by atoms with Crippen LogP contribution in [0.4, 0.5) is 4.39 Å². The molecule has 2 nitrogen and oxygen atoms in total. The monoisotopic (exact) mass is 319 g/mol. The lowest BCUT2D eigenvalue weighted by atomic mass is 10.1. The van der Waals surface area contributed by atoms with Gasteiger partial charge in [-0.15, -0.1) is 0 Å². The lowest BCUT2D eigenvalue weighted by Crippen LogP contribution is -1.79. The summed E-state index contributed by atoms with van der Waals surface area (Å²) < 4.78 is 18.8. The van der Waals surface area contributed by atoms with Gasteiger partial charge in [0.15, 0.2) is 0 Å². The highest BCUT2D eigenvalue weighted by Gasteiger charge is 2.12. The minimum Gasteiger partial charge on any atom is -0.347 e. The van der Waals surface area contributed by atoms with Gasteiger partial charge in [0.2, 0.25) is 4.67 Å². The van der Waals surface area contributed by atoms with Crippen molar-refractivity contribution < 1.29 is 8.91 Å². The maximum atomic E-state index is 12.6. The summed E-state index contributed by atoms with van der Waals surface area (Å²) in [5.74, 6) is -0.271. The van der Waals surface area contributed by atoms with Gasteiger partial charge in [0.25, 0.3) is 0 Å². The third-order valence-electron chi connectivity index (χ3n) is 1.72. The van der Waals surface area contributed by atoms with Crippen molar-refractivity contribution in [2.75, 3.05) is 0 Å². The van der Waals surface area contributed by atoms with E-state index < -0.39 is 0 Å². The molecule has 72 valence electrons. The van der Waals surface area contributed by atoms with Crippen LogP contribution in [0.3, 0.4) is 0 Å². The van der Waals surface area contributed by atoms with Crippen molar-refractivity contribution in [2.45, 2.75) is 0 Å². The van der Waals surface area contributed by atoms with Crippen molar-refractivity contribution in [1.29, 1.82) is 0 Å². The van der Waals surface area contributed by atoms with E-state index in [1.807, 2.05) is 0 Å². The Labute approximate surface area is 96.4 Å². The fourth-order valence-corrected chi connectivity index (χ4v) is 1.68. The molecule has 0 N–H and O–H groups in total. The van der Waals surface area contributed by atoms with E-state index in [4.69, 9.17) is 4.52 Å². The van der Waals surface area contributed by atoms with Crippen molar-refractivity contribution in [3.8, 4) is 11.3 Å². The van der Waals surface area contributed by atoms with E-state index in [9.17, 15) is 4.39 Å².